The molecule has 0 amide bonds. The van der Waals surface area contributed by atoms with E-state index in [1.54, 1.807) is 0 Å². The summed E-state index contributed by atoms with van der Waals surface area (Å²) in [4.78, 5) is 24.6. The van der Waals surface area contributed by atoms with Crippen LogP contribution >= 0.6 is 11.6 Å². The molecule has 4 aromatic rings. The number of alkyl halides is 3. The van der Waals surface area contributed by atoms with Crippen molar-refractivity contribution in [2.24, 2.45) is 0 Å². The fraction of sp³-hybridized carbons (Fsp3) is 0.160. The number of carbonyl (C=O) groups is 1. The third kappa shape index (κ3) is 6.87. The third-order valence-electron chi connectivity index (χ3n) is 5.35. The van der Waals surface area contributed by atoms with Crippen molar-refractivity contribution in [3.05, 3.63) is 83.2 Å². The summed E-state index contributed by atoms with van der Waals surface area (Å²) < 4.78 is 71.0. The molecule has 0 saturated carbocycles. The first kappa shape index (κ1) is 28.8. The average Bonchev–Trinajstić information content (AvgIpc) is 2.90. The molecule has 0 spiro atoms. The van der Waals surface area contributed by atoms with Gasteiger partial charge >= 0.3 is 23.9 Å². The lowest BCUT2D eigenvalue weighted by atomic mass is 10.1. The Labute approximate surface area is 231 Å². The Kier molecular flexibility index (Phi) is 8.59. The molecule has 40 heavy (non-hydrogen) atoms. The molecule has 4 rings (SSSR count). The third-order valence-corrected chi connectivity index (χ3v) is 6.38. The SMILES string of the molecule is CS(=O)CCOc1ncc(-c2cnc(Nc3ccc(F)c(Cl)c3)nc2-[n+]2ccc(C(F)(F)F)cc2)cc1C(=O)O. The van der Waals surface area contributed by atoms with E-state index in [1.165, 1.54) is 41.4 Å². The zero-order chi connectivity index (χ0) is 29.0. The topological polar surface area (TPSA) is 118 Å². The molecular formula is C25H19ClF4N5O4S+. The Morgan fingerprint density at radius 3 is 2.50 bits per heavy atom. The lowest BCUT2D eigenvalue weighted by molar-refractivity contribution is -0.599. The maximum absolute atomic E-state index is 13.6. The number of aromatic nitrogens is 4. The standard InChI is InChI=1S/C25H18ClF4N5O4S/c1-40(38)9-8-39-22-17(23(36)37)10-14(12-31-22)18-13-32-24(33-16-2-3-20(27)19(26)11-16)34-21(18)35-6-4-15(5-7-35)25(28,29)30/h2-7,10-13H,8-9H2,1H3,(H-,32,33,34,36,37)/p+1. The van der Waals surface area contributed by atoms with Gasteiger partial charge in [0.2, 0.25) is 5.88 Å². The van der Waals surface area contributed by atoms with Gasteiger partial charge in [-0.1, -0.05) is 11.6 Å². The second-order valence-electron chi connectivity index (χ2n) is 8.18. The Morgan fingerprint density at radius 1 is 1.15 bits per heavy atom. The fourth-order valence-electron chi connectivity index (χ4n) is 3.42. The molecule has 1 aromatic carbocycles. The van der Waals surface area contributed by atoms with Gasteiger partial charge in [-0.25, -0.2) is 18.7 Å². The zero-order valence-electron chi connectivity index (χ0n) is 20.4. The number of nitrogens with one attached hydrogen (secondary N) is 1. The number of ether oxygens (including phenoxy) is 1. The van der Waals surface area contributed by atoms with Crippen molar-refractivity contribution < 1.29 is 41.0 Å². The molecule has 208 valence electrons. The molecule has 2 N–H and O–H groups in total. The monoisotopic (exact) mass is 596 g/mol. The highest BCUT2D eigenvalue weighted by Gasteiger charge is 2.31. The van der Waals surface area contributed by atoms with E-state index < -0.39 is 34.3 Å². The van der Waals surface area contributed by atoms with E-state index in [4.69, 9.17) is 16.3 Å². The van der Waals surface area contributed by atoms with Crippen LogP contribution in [0.1, 0.15) is 15.9 Å². The number of rotatable bonds is 9. The van der Waals surface area contributed by atoms with E-state index >= 15 is 0 Å². The quantitative estimate of drug-likeness (QED) is 0.208. The van der Waals surface area contributed by atoms with Crippen LogP contribution in [0.25, 0.3) is 16.9 Å². The first-order valence-corrected chi connectivity index (χ1v) is 13.4. The number of benzene rings is 1. The summed E-state index contributed by atoms with van der Waals surface area (Å²) in [6.07, 6.45) is 1.81. The van der Waals surface area contributed by atoms with E-state index in [0.29, 0.717) is 5.69 Å². The molecule has 3 aromatic heterocycles. The summed E-state index contributed by atoms with van der Waals surface area (Å²) in [5.74, 6) is -1.95. The van der Waals surface area contributed by atoms with Crippen LogP contribution in [0.4, 0.5) is 29.2 Å². The van der Waals surface area contributed by atoms with E-state index in [1.807, 2.05) is 0 Å². The maximum atomic E-state index is 13.6. The van der Waals surface area contributed by atoms with Crippen LogP contribution in [0.15, 0.2) is 61.2 Å². The minimum atomic E-state index is -4.57. The summed E-state index contributed by atoms with van der Waals surface area (Å²) >= 11 is 5.83. The normalized spacial score (nSPS) is 12.2. The average molecular weight is 597 g/mol. The molecule has 0 fully saturated rings. The van der Waals surface area contributed by atoms with Crippen molar-refractivity contribution >= 4 is 40.0 Å². The largest absolute Gasteiger partial charge is 0.477 e. The summed E-state index contributed by atoms with van der Waals surface area (Å²) in [5, 5.41) is 12.4. The van der Waals surface area contributed by atoms with Gasteiger partial charge in [-0.3, -0.25) is 4.21 Å². The molecule has 1 atom stereocenters. The lowest BCUT2D eigenvalue weighted by Crippen LogP contribution is -2.32. The molecule has 0 aliphatic carbocycles. The fourth-order valence-corrected chi connectivity index (χ4v) is 3.92. The first-order valence-electron chi connectivity index (χ1n) is 11.3. The molecule has 0 saturated heterocycles. The van der Waals surface area contributed by atoms with Crippen molar-refractivity contribution in [2.75, 3.05) is 23.9 Å². The van der Waals surface area contributed by atoms with Gasteiger partial charge in [-0.15, -0.1) is 0 Å². The number of anilines is 2. The van der Waals surface area contributed by atoms with Crippen molar-refractivity contribution in [2.45, 2.75) is 6.18 Å². The Hall–Kier alpha value is -4.17. The van der Waals surface area contributed by atoms with E-state index in [-0.39, 0.29) is 51.7 Å². The van der Waals surface area contributed by atoms with Gasteiger partial charge < -0.3 is 15.2 Å². The van der Waals surface area contributed by atoms with Crippen LogP contribution in [-0.2, 0) is 17.0 Å². The predicted octanol–water partition coefficient (Wildman–Crippen LogP) is 4.83. The predicted molar refractivity (Wildman–Crippen MR) is 138 cm³/mol. The Morgan fingerprint density at radius 2 is 1.88 bits per heavy atom. The minimum Gasteiger partial charge on any atom is -0.477 e. The summed E-state index contributed by atoms with van der Waals surface area (Å²) in [6.45, 7) is -0.0285. The van der Waals surface area contributed by atoms with Gasteiger partial charge in [0.05, 0.1) is 34.3 Å². The molecular weight excluding hydrogens is 578 g/mol. The molecule has 15 heteroatoms. The van der Waals surface area contributed by atoms with Crippen molar-refractivity contribution in [3.8, 4) is 22.8 Å². The highest BCUT2D eigenvalue weighted by atomic mass is 35.5. The molecule has 1 unspecified atom stereocenters. The summed E-state index contributed by atoms with van der Waals surface area (Å²) in [5.41, 5.74) is -0.396. The van der Waals surface area contributed by atoms with E-state index in [2.05, 4.69) is 20.3 Å². The Balaban J connectivity index is 1.79. The van der Waals surface area contributed by atoms with Crippen LogP contribution in [-0.4, -0.2) is 48.9 Å². The van der Waals surface area contributed by atoms with Gasteiger partial charge in [0.1, 0.15) is 18.0 Å². The summed E-state index contributed by atoms with van der Waals surface area (Å²) in [7, 11) is -1.16. The number of carboxylic acid groups (broad SMARTS) is 1. The van der Waals surface area contributed by atoms with Crippen molar-refractivity contribution in [1.29, 1.82) is 0 Å². The van der Waals surface area contributed by atoms with Crippen LogP contribution in [0.3, 0.4) is 0 Å². The van der Waals surface area contributed by atoms with Crippen LogP contribution in [0, 0.1) is 5.82 Å². The molecule has 0 aliphatic heterocycles. The number of hydrogen-bond acceptors (Lipinski definition) is 7. The van der Waals surface area contributed by atoms with Gasteiger partial charge in [-0.05, 0) is 41.4 Å². The highest BCUT2D eigenvalue weighted by molar-refractivity contribution is 7.84. The number of nitrogens with zero attached hydrogens (tertiary/aromatic N) is 4. The zero-order valence-corrected chi connectivity index (χ0v) is 22.0. The molecule has 0 radical (unpaired) electrons. The maximum Gasteiger partial charge on any atom is 0.416 e. The Bertz CT molecular complexity index is 1590. The van der Waals surface area contributed by atoms with Gasteiger partial charge in [0.15, 0.2) is 0 Å². The smallest absolute Gasteiger partial charge is 0.416 e. The number of carboxylic acids is 1. The van der Waals surface area contributed by atoms with Gasteiger partial charge in [0.25, 0.3) is 0 Å². The van der Waals surface area contributed by atoms with E-state index in [9.17, 15) is 31.7 Å². The lowest BCUT2D eigenvalue weighted by Gasteiger charge is -2.11. The second kappa shape index (κ2) is 11.9. The van der Waals surface area contributed by atoms with Crippen molar-refractivity contribution in [1.82, 2.24) is 15.0 Å². The van der Waals surface area contributed by atoms with E-state index in [0.717, 1.165) is 30.6 Å². The highest BCUT2D eigenvalue weighted by Crippen LogP contribution is 2.30. The number of aromatic carboxylic acids is 1. The number of hydrogen-bond donors (Lipinski definition) is 2. The van der Waals surface area contributed by atoms with Crippen LogP contribution < -0.4 is 14.6 Å². The number of pyridine rings is 2. The molecule has 0 bridgehead atoms. The van der Waals surface area contributed by atoms with Crippen LogP contribution in [0.5, 0.6) is 5.88 Å². The van der Waals surface area contributed by atoms with Gasteiger partial charge in [0, 0.05) is 40.7 Å². The molecule has 3 heterocycles. The van der Waals surface area contributed by atoms with Crippen LogP contribution in [0.2, 0.25) is 5.02 Å². The molecule has 9 nitrogen and oxygen atoms in total. The minimum absolute atomic E-state index is 0.00670. The first-order chi connectivity index (χ1) is 18.9. The second-order valence-corrected chi connectivity index (χ2v) is 10.1. The molecule has 0 aliphatic rings. The van der Waals surface area contributed by atoms with Crippen molar-refractivity contribution in [3.63, 3.8) is 0 Å². The van der Waals surface area contributed by atoms with Gasteiger partial charge in [-0.2, -0.15) is 18.2 Å². The number of halogens is 5. The summed E-state index contributed by atoms with van der Waals surface area (Å²) in [6, 6.07) is 6.79.